The van der Waals surface area contributed by atoms with Crippen LogP contribution in [0.15, 0.2) is 41.3 Å². The zero-order chi connectivity index (χ0) is 21.2. The van der Waals surface area contributed by atoms with Crippen LogP contribution in [-0.2, 0) is 21.2 Å². The molecule has 0 spiro atoms. The lowest BCUT2D eigenvalue weighted by Crippen LogP contribution is -2.34. The van der Waals surface area contributed by atoms with Crippen LogP contribution < -0.4 is 14.4 Å². The Hall–Kier alpha value is -2.78. The highest BCUT2D eigenvalue weighted by Crippen LogP contribution is 2.30. The van der Waals surface area contributed by atoms with Crippen molar-refractivity contribution >= 4 is 27.7 Å². The first-order valence-corrected chi connectivity index (χ1v) is 10.3. The van der Waals surface area contributed by atoms with E-state index < -0.39 is 27.6 Å². The van der Waals surface area contributed by atoms with Crippen LogP contribution in [-0.4, -0.2) is 35.0 Å². The predicted molar refractivity (Wildman–Crippen MR) is 105 cm³/mol. The third-order valence-electron chi connectivity index (χ3n) is 4.67. The zero-order valence-electron chi connectivity index (χ0n) is 15.9. The average Bonchev–Trinajstić information content (AvgIpc) is 2.72. The van der Waals surface area contributed by atoms with Gasteiger partial charge in [0, 0.05) is 18.7 Å². The van der Waals surface area contributed by atoms with E-state index >= 15 is 0 Å². The standard InChI is InChI=1S/C20H20F2N2O4S/c1-23-29(26,27)19-10-13(5-7-18(19)28-2)6-8-20(25)24-9-3-4-14-11-15(21)16(22)12-17(14)24/h5-8,10-12,23H,3-4,9H2,1-2H3. The summed E-state index contributed by atoms with van der Waals surface area (Å²) in [4.78, 5) is 14.0. The van der Waals surface area contributed by atoms with E-state index in [-0.39, 0.29) is 10.6 Å². The van der Waals surface area contributed by atoms with E-state index in [2.05, 4.69) is 4.72 Å². The molecule has 1 heterocycles. The summed E-state index contributed by atoms with van der Waals surface area (Å²) in [7, 11) is -1.10. The number of sulfonamides is 1. The van der Waals surface area contributed by atoms with Gasteiger partial charge in [-0.25, -0.2) is 21.9 Å². The molecule has 0 radical (unpaired) electrons. The summed E-state index contributed by atoms with van der Waals surface area (Å²) in [5.74, 6) is -2.19. The molecule has 29 heavy (non-hydrogen) atoms. The largest absolute Gasteiger partial charge is 0.495 e. The number of nitrogens with one attached hydrogen (secondary N) is 1. The molecule has 6 nitrogen and oxygen atoms in total. The van der Waals surface area contributed by atoms with Gasteiger partial charge in [-0.05, 0) is 55.3 Å². The van der Waals surface area contributed by atoms with Gasteiger partial charge in [-0.2, -0.15) is 0 Å². The van der Waals surface area contributed by atoms with Gasteiger partial charge in [0.2, 0.25) is 10.0 Å². The van der Waals surface area contributed by atoms with E-state index in [9.17, 15) is 22.0 Å². The molecule has 0 aliphatic carbocycles. The van der Waals surface area contributed by atoms with Gasteiger partial charge in [-0.15, -0.1) is 0 Å². The molecular formula is C20H20F2N2O4S. The normalized spacial score (nSPS) is 14.1. The lowest BCUT2D eigenvalue weighted by molar-refractivity contribution is -0.114. The SMILES string of the molecule is CNS(=O)(=O)c1cc(C=CC(=O)N2CCCc3cc(F)c(F)cc32)ccc1OC. The summed E-state index contributed by atoms with van der Waals surface area (Å²) in [6, 6.07) is 6.62. The van der Waals surface area contributed by atoms with E-state index in [1.165, 1.54) is 43.3 Å². The van der Waals surface area contributed by atoms with Crippen molar-refractivity contribution in [1.82, 2.24) is 4.72 Å². The van der Waals surface area contributed by atoms with Crippen molar-refractivity contribution in [2.75, 3.05) is 25.6 Å². The third kappa shape index (κ3) is 4.30. The molecule has 9 heteroatoms. The van der Waals surface area contributed by atoms with E-state index in [1.54, 1.807) is 6.07 Å². The molecule has 2 aromatic carbocycles. The Bertz CT molecular complexity index is 1080. The van der Waals surface area contributed by atoms with Crippen LogP contribution in [0.2, 0.25) is 0 Å². The number of ether oxygens (including phenoxy) is 1. The van der Waals surface area contributed by atoms with Gasteiger partial charge in [0.05, 0.1) is 12.8 Å². The number of benzene rings is 2. The summed E-state index contributed by atoms with van der Waals surface area (Å²) >= 11 is 0. The maximum absolute atomic E-state index is 13.6. The van der Waals surface area contributed by atoms with Gasteiger partial charge >= 0.3 is 0 Å². The fourth-order valence-electron chi connectivity index (χ4n) is 3.18. The Morgan fingerprint density at radius 1 is 1.21 bits per heavy atom. The Morgan fingerprint density at radius 2 is 1.93 bits per heavy atom. The molecule has 0 aromatic heterocycles. The van der Waals surface area contributed by atoms with Crippen molar-refractivity contribution in [2.45, 2.75) is 17.7 Å². The number of methoxy groups -OCH3 is 1. The highest BCUT2D eigenvalue weighted by molar-refractivity contribution is 7.89. The molecule has 0 saturated carbocycles. The van der Waals surface area contributed by atoms with E-state index in [0.29, 0.717) is 36.2 Å². The first-order valence-electron chi connectivity index (χ1n) is 8.86. The molecule has 1 aliphatic heterocycles. The molecule has 3 rings (SSSR count). The number of anilines is 1. The fourth-order valence-corrected chi connectivity index (χ4v) is 4.11. The van der Waals surface area contributed by atoms with Gasteiger partial charge in [-0.1, -0.05) is 6.07 Å². The molecular weight excluding hydrogens is 402 g/mol. The number of hydrogen-bond donors (Lipinski definition) is 1. The maximum atomic E-state index is 13.6. The number of nitrogens with zero attached hydrogens (tertiary/aromatic N) is 1. The number of fused-ring (bicyclic) bond motifs is 1. The minimum Gasteiger partial charge on any atom is -0.495 e. The number of hydrogen-bond acceptors (Lipinski definition) is 4. The van der Waals surface area contributed by atoms with Crippen LogP contribution in [0.3, 0.4) is 0 Å². The smallest absolute Gasteiger partial charge is 0.250 e. The van der Waals surface area contributed by atoms with E-state index in [0.717, 1.165) is 12.1 Å². The summed E-state index contributed by atoms with van der Waals surface area (Å²) < 4.78 is 58.7. The Morgan fingerprint density at radius 3 is 2.62 bits per heavy atom. The summed E-state index contributed by atoms with van der Waals surface area (Å²) in [5.41, 5.74) is 1.39. The number of rotatable bonds is 5. The summed E-state index contributed by atoms with van der Waals surface area (Å²) in [6.07, 6.45) is 3.92. The lowest BCUT2D eigenvalue weighted by Gasteiger charge is -2.28. The van der Waals surface area contributed by atoms with Gasteiger partial charge in [0.1, 0.15) is 10.6 Å². The van der Waals surface area contributed by atoms with Crippen molar-refractivity contribution in [2.24, 2.45) is 0 Å². The van der Waals surface area contributed by atoms with Crippen LogP contribution in [0, 0.1) is 11.6 Å². The van der Waals surface area contributed by atoms with Crippen LogP contribution in [0.1, 0.15) is 17.5 Å². The first-order chi connectivity index (χ1) is 13.8. The minimum atomic E-state index is -3.75. The fraction of sp³-hybridized carbons (Fsp3) is 0.250. The van der Waals surface area contributed by atoms with Gasteiger partial charge in [0.15, 0.2) is 11.6 Å². The Kier molecular flexibility index (Phi) is 5.99. The topological polar surface area (TPSA) is 75.7 Å². The second kappa shape index (κ2) is 8.30. The lowest BCUT2D eigenvalue weighted by atomic mass is 10.0. The van der Waals surface area contributed by atoms with Crippen LogP contribution in [0.4, 0.5) is 14.5 Å². The Labute approximate surface area is 167 Å². The van der Waals surface area contributed by atoms with Crippen molar-refractivity contribution in [1.29, 1.82) is 0 Å². The van der Waals surface area contributed by atoms with Gasteiger partial charge in [0.25, 0.3) is 5.91 Å². The van der Waals surface area contributed by atoms with E-state index in [1.807, 2.05) is 0 Å². The molecule has 154 valence electrons. The van der Waals surface area contributed by atoms with E-state index in [4.69, 9.17) is 4.74 Å². The number of amides is 1. The molecule has 0 fully saturated rings. The average molecular weight is 422 g/mol. The van der Waals surface area contributed by atoms with Crippen LogP contribution in [0.25, 0.3) is 6.08 Å². The minimum absolute atomic E-state index is 0.0574. The third-order valence-corrected chi connectivity index (χ3v) is 6.11. The molecule has 1 N–H and O–H groups in total. The summed E-state index contributed by atoms with van der Waals surface area (Å²) in [5, 5.41) is 0. The molecule has 0 atom stereocenters. The zero-order valence-corrected chi connectivity index (χ0v) is 16.7. The molecule has 1 amide bonds. The predicted octanol–water partition coefficient (Wildman–Crippen LogP) is 2.87. The van der Waals surface area contributed by atoms with Crippen molar-refractivity contribution in [3.63, 3.8) is 0 Å². The van der Waals surface area contributed by atoms with Crippen molar-refractivity contribution in [3.05, 3.63) is 59.2 Å². The maximum Gasteiger partial charge on any atom is 0.250 e. The molecule has 0 bridgehead atoms. The monoisotopic (exact) mass is 422 g/mol. The molecule has 0 unspecified atom stereocenters. The molecule has 1 aliphatic rings. The number of halogens is 2. The number of aryl methyl sites for hydroxylation is 1. The molecule has 2 aromatic rings. The van der Waals surface area contributed by atoms with Crippen LogP contribution >= 0.6 is 0 Å². The first kappa shape index (κ1) is 20.9. The highest BCUT2D eigenvalue weighted by atomic mass is 32.2. The van der Waals surface area contributed by atoms with Crippen LogP contribution in [0.5, 0.6) is 5.75 Å². The quantitative estimate of drug-likeness (QED) is 0.752. The number of carbonyl (C=O) groups is 1. The summed E-state index contributed by atoms with van der Waals surface area (Å²) in [6.45, 7) is 0.378. The highest BCUT2D eigenvalue weighted by Gasteiger charge is 2.23. The second-order valence-electron chi connectivity index (χ2n) is 6.44. The van der Waals surface area contributed by atoms with Gasteiger partial charge in [-0.3, -0.25) is 4.79 Å². The number of carbonyl (C=O) groups excluding carboxylic acids is 1. The second-order valence-corrected chi connectivity index (χ2v) is 8.29. The van der Waals surface area contributed by atoms with Crippen molar-refractivity contribution in [3.8, 4) is 5.75 Å². The Balaban J connectivity index is 1.89. The van der Waals surface area contributed by atoms with Gasteiger partial charge < -0.3 is 9.64 Å². The molecule has 0 saturated heterocycles. The van der Waals surface area contributed by atoms with Crippen molar-refractivity contribution < 1.29 is 26.7 Å².